The van der Waals surface area contributed by atoms with Crippen LogP contribution in [0.25, 0.3) is 6.08 Å². The number of non-ortho nitro benzene ring substituents is 1. The largest absolute Gasteiger partial charge is 0.451 e. The third-order valence-corrected chi connectivity index (χ3v) is 4.77. The van der Waals surface area contributed by atoms with E-state index in [1.165, 1.54) is 30.3 Å². The zero-order valence-corrected chi connectivity index (χ0v) is 16.5. The highest BCUT2D eigenvalue weighted by Crippen LogP contribution is 2.38. The number of nitriles is 1. The lowest BCUT2D eigenvalue weighted by Gasteiger charge is -2.07. The molecule has 9 heteroatoms. The van der Waals surface area contributed by atoms with E-state index in [1.807, 2.05) is 26.0 Å². The van der Waals surface area contributed by atoms with Crippen molar-refractivity contribution >= 4 is 29.3 Å². The Hall–Kier alpha value is -3.93. The van der Waals surface area contributed by atoms with E-state index in [1.54, 1.807) is 0 Å². The van der Waals surface area contributed by atoms with E-state index in [2.05, 4.69) is 9.88 Å². The average molecular weight is 408 g/mol. The summed E-state index contributed by atoms with van der Waals surface area (Å²) in [6.07, 6.45) is 3.71. The van der Waals surface area contributed by atoms with Crippen molar-refractivity contribution in [1.29, 1.82) is 5.26 Å². The fourth-order valence-electron chi connectivity index (χ4n) is 3.21. The molecule has 0 atom stereocenters. The predicted molar refractivity (Wildman–Crippen MR) is 108 cm³/mol. The smallest absolute Gasteiger partial charge is 0.349 e. The third-order valence-electron chi connectivity index (χ3n) is 4.77. The molecule has 0 aliphatic heterocycles. The molecule has 30 heavy (non-hydrogen) atoms. The summed E-state index contributed by atoms with van der Waals surface area (Å²) in [5, 5.41) is 22.4. The van der Waals surface area contributed by atoms with Crippen LogP contribution in [0.3, 0.4) is 0 Å². The van der Waals surface area contributed by atoms with E-state index in [-0.39, 0.29) is 11.3 Å². The summed E-state index contributed by atoms with van der Waals surface area (Å²) in [6, 6.07) is 9.45. The second-order valence-electron chi connectivity index (χ2n) is 7.03. The molecular formula is C21H20N4O5. The minimum Gasteiger partial charge on any atom is -0.451 e. The SMILES string of the molecule is Cc1cc(/C=C(\C#N)C(=O)OCC(=O)Nc2ccc([N+](=O)[O-])cc2)c(C)n1C1CC1. The van der Waals surface area contributed by atoms with E-state index in [9.17, 15) is 25.0 Å². The third kappa shape index (κ3) is 4.72. The van der Waals surface area contributed by atoms with E-state index in [4.69, 9.17) is 4.74 Å². The number of nitro benzene ring substituents is 1. The maximum absolute atomic E-state index is 12.2. The quantitative estimate of drug-likeness (QED) is 0.246. The summed E-state index contributed by atoms with van der Waals surface area (Å²) in [5.74, 6) is -1.52. The summed E-state index contributed by atoms with van der Waals surface area (Å²) in [5.41, 5.74) is 2.83. The number of aryl methyl sites for hydroxylation is 1. The number of anilines is 1. The average Bonchev–Trinajstić information content (AvgIpc) is 3.50. The predicted octanol–water partition coefficient (Wildman–Crippen LogP) is 3.44. The van der Waals surface area contributed by atoms with E-state index in [0.717, 1.165) is 29.8 Å². The van der Waals surface area contributed by atoms with Crippen molar-refractivity contribution in [3.05, 3.63) is 63.0 Å². The Morgan fingerprint density at radius 1 is 1.33 bits per heavy atom. The first kappa shape index (κ1) is 20.8. The van der Waals surface area contributed by atoms with Crippen LogP contribution in [0.4, 0.5) is 11.4 Å². The van der Waals surface area contributed by atoms with Gasteiger partial charge in [-0.2, -0.15) is 5.26 Å². The summed E-state index contributed by atoms with van der Waals surface area (Å²) in [4.78, 5) is 34.3. The van der Waals surface area contributed by atoms with Gasteiger partial charge in [0.1, 0.15) is 11.6 Å². The second-order valence-corrected chi connectivity index (χ2v) is 7.03. The number of ether oxygens (including phenoxy) is 1. The molecule has 1 amide bonds. The van der Waals surface area contributed by atoms with Crippen LogP contribution < -0.4 is 5.32 Å². The standard InChI is InChI=1S/C21H20N4O5/c1-13-9-15(14(2)24(13)18-7-8-18)10-16(11-22)21(27)30-12-20(26)23-17-3-5-19(6-4-17)25(28)29/h3-6,9-10,18H,7-8,12H2,1-2H3,(H,23,26)/b16-10+. The van der Waals surface area contributed by atoms with Gasteiger partial charge in [0.05, 0.1) is 4.92 Å². The summed E-state index contributed by atoms with van der Waals surface area (Å²) >= 11 is 0. The molecule has 1 saturated carbocycles. The van der Waals surface area contributed by atoms with Gasteiger partial charge in [0.2, 0.25) is 0 Å². The molecule has 0 radical (unpaired) electrons. The molecule has 1 fully saturated rings. The number of esters is 1. The Labute approximate surface area is 172 Å². The summed E-state index contributed by atoms with van der Waals surface area (Å²) in [6.45, 7) is 3.33. The van der Waals surface area contributed by atoms with Crippen LogP contribution in [-0.2, 0) is 14.3 Å². The zero-order valence-electron chi connectivity index (χ0n) is 16.5. The monoisotopic (exact) mass is 408 g/mol. The van der Waals surface area contributed by atoms with Gasteiger partial charge in [0.25, 0.3) is 11.6 Å². The number of rotatable bonds is 7. The number of carbonyl (C=O) groups is 2. The molecule has 0 saturated heterocycles. The maximum atomic E-state index is 12.2. The lowest BCUT2D eigenvalue weighted by Crippen LogP contribution is -2.21. The van der Waals surface area contributed by atoms with Crippen molar-refractivity contribution in [3.63, 3.8) is 0 Å². The Morgan fingerprint density at radius 2 is 2.00 bits per heavy atom. The molecular weight excluding hydrogens is 388 g/mol. The highest BCUT2D eigenvalue weighted by Gasteiger charge is 2.27. The van der Waals surface area contributed by atoms with Gasteiger partial charge in [-0.25, -0.2) is 4.79 Å². The van der Waals surface area contributed by atoms with Gasteiger partial charge >= 0.3 is 5.97 Å². The van der Waals surface area contributed by atoms with E-state index >= 15 is 0 Å². The fraction of sp³-hybridized carbons (Fsp3) is 0.286. The van der Waals surface area contributed by atoms with Crippen LogP contribution in [0.1, 0.15) is 35.8 Å². The van der Waals surface area contributed by atoms with Crippen LogP contribution in [0, 0.1) is 35.3 Å². The van der Waals surface area contributed by atoms with Crippen molar-refractivity contribution in [2.75, 3.05) is 11.9 Å². The minimum absolute atomic E-state index is 0.107. The molecule has 9 nitrogen and oxygen atoms in total. The van der Waals surface area contributed by atoms with E-state index in [0.29, 0.717) is 11.7 Å². The Kier molecular flexibility index (Phi) is 5.97. The van der Waals surface area contributed by atoms with Crippen molar-refractivity contribution in [2.45, 2.75) is 32.7 Å². The molecule has 1 aromatic carbocycles. The molecule has 1 aromatic heterocycles. The number of hydrogen-bond acceptors (Lipinski definition) is 6. The first-order valence-corrected chi connectivity index (χ1v) is 9.31. The Bertz CT molecular complexity index is 1070. The molecule has 0 bridgehead atoms. The van der Waals surface area contributed by atoms with E-state index < -0.39 is 23.4 Å². The molecule has 1 heterocycles. The number of amides is 1. The normalized spacial score (nSPS) is 13.4. The minimum atomic E-state index is -0.896. The van der Waals surface area contributed by atoms with Gasteiger partial charge < -0.3 is 14.6 Å². The fourth-order valence-corrected chi connectivity index (χ4v) is 3.21. The van der Waals surface area contributed by atoms with Crippen LogP contribution in [-0.4, -0.2) is 28.0 Å². The van der Waals surface area contributed by atoms with Crippen molar-refractivity contribution in [1.82, 2.24) is 4.57 Å². The number of carbonyl (C=O) groups excluding carboxylic acids is 2. The number of nitrogens with one attached hydrogen (secondary N) is 1. The molecule has 2 aromatic rings. The van der Waals surface area contributed by atoms with Gasteiger partial charge in [-0.3, -0.25) is 14.9 Å². The summed E-state index contributed by atoms with van der Waals surface area (Å²) in [7, 11) is 0. The van der Waals surface area contributed by atoms with Gasteiger partial charge in [-0.15, -0.1) is 0 Å². The lowest BCUT2D eigenvalue weighted by atomic mass is 10.1. The highest BCUT2D eigenvalue weighted by atomic mass is 16.6. The molecule has 1 aliphatic carbocycles. The number of nitrogens with zero attached hydrogens (tertiary/aromatic N) is 3. The number of benzene rings is 1. The Morgan fingerprint density at radius 3 is 2.57 bits per heavy atom. The molecule has 154 valence electrons. The Balaban J connectivity index is 1.61. The van der Waals surface area contributed by atoms with Gasteiger partial charge in [-0.05, 0) is 56.5 Å². The van der Waals surface area contributed by atoms with Crippen molar-refractivity contribution in [3.8, 4) is 6.07 Å². The first-order valence-electron chi connectivity index (χ1n) is 9.31. The number of aromatic nitrogens is 1. The van der Waals surface area contributed by atoms with Crippen LogP contribution in [0.5, 0.6) is 0 Å². The zero-order chi connectivity index (χ0) is 21.8. The number of nitro groups is 1. The number of hydrogen-bond donors (Lipinski definition) is 1. The molecule has 0 spiro atoms. The van der Waals surface area contributed by atoms with Crippen LogP contribution >= 0.6 is 0 Å². The molecule has 3 rings (SSSR count). The van der Waals surface area contributed by atoms with Crippen molar-refractivity contribution in [2.24, 2.45) is 0 Å². The molecule has 0 unspecified atom stereocenters. The first-order chi connectivity index (χ1) is 14.3. The maximum Gasteiger partial charge on any atom is 0.349 e. The van der Waals surface area contributed by atoms with Crippen LogP contribution in [0.2, 0.25) is 0 Å². The van der Waals surface area contributed by atoms with Crippen LogP contribution in [0.15, 0.2) is 35.9 Å². The highest BCUT2D eigenvalue weighted by molar-refractivity contribution is 6.00. The van der Waals surface area contributed by atoms with Gasteiger partial charge in [0.15, 0.2) is 6.61 Å². The summed E-state index contributed by atoms with van der Waals surface area (Å²) < 4.78 is 7.14. The molecule has 1 N–H and O–H groups in total. The van der Waals surface area contributed by atoms with Gasteiger partial charge in [-0.1, -0.05) is 0 Å². The second kappa shape index (κ2) is 8.61. The van der Waals surface area contributed by atoms with Crippen molar-refractivity contribution < 1.29 is 19.2 Å². The topological polar surface area (TPSA) is 127 Å². The lowest BCUT2D eigenvalue weighted by molar-refractivity contribution is -0.384. The van der Waals surface area contributed by atoms with Gasteiger partial charge in [0, 0.05) is 35.2 Å². The molecule has 1 aliphatic rings.